The first kappa shape index (κ1) is 25.0. The summed E-state index contributed by atoms with van der Waals surface area (Å²) < 4.78 is 17.4. The van der Waals surface area contributed by atoms with Gasteiger partial charge in [-0.1, -0.05) is 60.1 Å². The summed E-state index contributed by atoms with van der Waals surface area (Å²) in [5, 5.41) is 14.0. The smallest absolute Gasteiger partial charge is 0.295 e. The van der Waals surface area contributed by atoms with Crippen molar-refractivity contribution in [1.29, 1.82) is 0 Å². The highest BCUT2D eigenvalue weighted by atomic mass is 35.5. The number of aromatic nitrogens is 2. The maximum absolute atomic E-state index is 9.97. The van der Waals surface area contributed by atoms with Gasteiger partial charge >= 0.3 is 0 Å². The van der Waals surface area contributed by atoms with Crippen LogP contribution in [0.25, 0.3) is 33.3 Å². The molecule has 4 aromatic rings. The molecule has 9 heteroatoms. The van der Waals surface area contributed by atoms with E-state index in [-0.39, 0.29) is 24.9 Å². The molecule has 3 aromatic carbocycles. The third kappa shape index (κ3) is 5.04. The Hall–Kier alpha value is -2.98. The topological polar surface area (TPSA) is 91.9 Å². The number of ether oxygens (including phenoxy) is 3. The fourth-order valence-electron chi connectivity index (χ4n) is 5.74. The molecule has 8 nitrogen and oxygen atoms in total. The summed E-state index contributed by atoms with van der Waals surface area (Å²) >= 11 is 6.70. The molecular formula is C30H31ClN4O4. The average Bonchev–Trinajstić information content (AvgIpc) is 3.66. The fraction of sp³-hybridized carbons (Fsp3) is 0.367. The van der Waals surface area contributed by atoms with Crippen LogP contribution in [-0.2, 0) is 16.0 Å². The molecule has 0 spiro atoms. The largest absolute Gasteiger partial charge is 0.456 e. The van der Waals surface area contributed by atoms with Crippen molar-refractivity contribution in [3.63, 3.8) is 0 Å². The van der Waals surface area contributed by atoms with Crippen LogP contribution in [0, 0.1) is 0 Å². The summed E-state index contributed by atoms with van der Waals surface area (Å²) in [6.07, 6.45) is -1.59. The Morgan fingerprint density at radius 1 is 0.923 bits per heavy atom. The van der Waals surface area contributed by atoms with Gasteiger partial charge in [0.05, 0.1) is 29.3 Å². The van der Waals surface area contributed by atoms with E-state index in [0.29, 0.717) is 17.6 Å². The lowest BCUT2D eigenvalue weighted by Crippen LogP contribution is -2.42. The predicted octanol–water partition coefficient (Wildman–Crippen LogP) is 3.86. The first-order valence-electron chi connectivity index (χ1n) is 13.5. The van der Waals surface area contributed by atoms with Gasteiger partial charge in [0.1, 0.15) is 18.3 Å². The zero-order valence-corrected chi connectivity index (χ0v) is 22.2. The summed E-state index contributed by atoms with van der Waals surface area (Å²) in [7, 11) is 0. The fourth-order valence-corrected chi connectivity index (χ4v) is 6.02. The second-order valence-corrected chi connectivity index (χ2v) is 10.9. The lowest BCUT2D eigenvalue weighted by molar-refractivity contribution is 0.00706. The molecule has 0 radical (unpaired) electrons. The van der Waals surface area contributed by atoms with Crippen LogP contribution in [0.15, 0.2) is 60.7 Å². The van der Waals surface area contributed by atoms with Crippen LogP contribution < -0.4 is 10.1 Å². The first-order valence-corrected chi connectivity index (χ1v) is 13.9. The van der Waals surface area contributed by atoms with Gasteiger partial charge in [-0.3, -0.25) is 4.90 Å². The molecule has 0 aliphatic carbocycles. The number of fused-ring (bicyclic) bond motifs is 2. The predicted molar refractivity (Wildman–Crippen MR) is 150 cm³/mol. The highest BCUT2D eigenvalue weighted by Crippen LogP contribution is 2.35. The Balaban J connectivity index is 1.06. The zero-order valence-electron chi connectivity index (χ0n) is 21.5. The molecule has 7 rings (SSSR count). The number of nitrogens with one attached hydrogen (secondary N) is 2. The van der Waals surface area contributed by atoms with E-state index in [9.17, 15) is 5.11 Å². The minimum atomic E-state index is -0.617. The van der Waals surface area contributed by atoms with Crippen LogP contribution in [0.4, 0.5) is 0 Å². The van der Waals surface area contributed by atoms with Crippen molar-refractivity contribution >= 4 is 22.6 Å². The van der Waals surface area contributed by atoms with Crippen LogP contribution in [0.2, 0.25) is 5.02 Å². The number of piperazine rings is 1. The van der Waals surface area contributed by atoms with Crippen molar-refractivity contribution < 1.29 is 19.3 Å². The van der Waals surface area contributed by atoms with E-state index >= 15 is 0 Å². The molecule has 1 aromatic heterocycles. The van der Waals surface area contributed by atoms with E-state index in [0.717, 1.165) is 60.4 Å². The van der Waals surface area contributed by atoms with Crippen molar-refractivity contribution in [3.05, 3.63) is 71.2 Å². The summed E-state index contributed by atoms with van der Waals surface area (Å²) in [5.41, 5.74) is 7.18. The molecule has 3 aliphatic rings. The van der Waals surface area contributed by atoms with Crippen LogP contribution in [0.5, 0.6) is 6.01 Å². The lowest BCUT2D eigenvalue weighted by atomic mass is 9.99. The maximum Gasteiger partial charge on any atom is 0.295 e. The minimum Gasteiger partial charge on any atom is -0.456 e. The van der Waals surface area contributed by atoms with Gasteiger partial charge < -0.3 is 29.6 Å². The summed E-state index contributed by atoms with van der Waals surface area (Å²) in [6.45, 7) is 5.92. The summed E-state index contributed by atoms with van der Waals surface area (Å²) in [5.74, 6) is 0. The van der Waals surface area contributed by atoms with Gasteiger partial charge in [0, 0.05) is 38.3 Å². The number of nitrogens with zero attached hydrogens (tertiary/aromatic N) is 2. The number of aliphatic hydroxyl groups excluding tert-OH is 1. The molecule has 4 heterocycles. The second kappa shape index (κ2) is 10.5. The van der Waals surface area contributed by atoms with Crippen molar-refractivity contribution in [3.8, 4) is 28.3 Å². The summed E-state index contributed by atoms with van der Waals surface area (Å²) in [4.78, 5) is 10.3. The van der Waals surface area contributed by atoms with Crippen molar-refractivity contribution in [2.45, 2.75) is 31.0 Å². The number of aromatic amines is 1. The number of hydrogen-bond acceptors (Lipinski definition) is 7. The van der Waals surface area contributed by atoms with E-state index in [1.165, 1.54) is 11.1 Å². The maximum atomic E-state index is 9.97. The molecular weight excluding hydrogens is 516 g/mol. The van der Waals surface area contributed by atoms with E-state index in [1.54, 1.807) is 0 Å². The zero-order chi connectivity index (χ0) is 26.3. The Bertz CT molecular complexity index is 1450. The van der Waals surface area contributed by atoms with Gasteiger partial charge in [-0.25, -0.2) is 0 Å². The molecule has 39 heavy (non-hydrogen) atoms. The number of halogens is 1. The quantitative estimate of drug-likeness (QED) is 0.338. The monoisotopic (exact) mass is 546 g/mol. The first-order chi connectivity index (χ1) is 19.1. The van der Waals surface area contributed by atoms with Gasteiger partial charge in [0.25, 0.3) is 6.01 Å². The SMILES string of the molecule is O[C@@H]1CO[C@H]2[C@@H]1OC[C@H]2Oc1nc2cc(-c3ccc(-c4ccc(CN5CCNCC5)cc4)cc3)c(Cl)cc2[nH]1. The van der Waals surface area contributed by atoms with E-state index in [4.69, 9.17) is 25.8 Å². The number of benzene rings is 3. The second-order valence-electron chi connectivity index (χ2n) is 10.5. The highest BCUT2D eigenvalue weighted by Gasteiger charge is 2.48. The van der Waals surface area contributed by atoms with Crippen LogP contribution >= 0.6 is 11.6 Å². The molecule has 202 valence electrons. The van der Waals surface area contributed by atoms with Crippen molar-refractivity contribution in [2.24, 2.45) is 0 Å². The van der Waals surface area contributed by atoms with Gasteiger partial charge in [-0.05, 0) is 34.4 Å². The molecule has 0 saturated carbocycles. The number of H-pyrrole nitrogens is 1. The Morgan fingerprint density at radius 3 is 2.38 bits per heavy atom. The standard InChI is InChI=1S/C30H31ClN4O4/c31-23-14-25-24(33-30(34-25)39-27-17-38-28-26(36)16-37-29(27)28)13-22(23)21-7-5-20(6-8-21)19-3-1-18(2-4-19)15-35-11-9-32-10-12-35/h1-8,13-14,26-29,32,36H,9-12,15-17H2,(H,33,34)/t26-,27-,28-,29-/m1/s1. The average molecular weight is 547 g/mol. The number of aliphatic hydroxyl groups is 1. The molecule has 0 unspecified atom stereocenters. The molecule has 3 fully saturated rings. The van der Waals surface area contributed by atoms with E-state index < -0.39 is 6.10 Å². The number of imidazole rings is 1. The third-order valence-electron chi connectivity index (χ3n) is 7.89. The van der Waals surface area contributed by atoms with Gasteiger partial charge in [-0.15, -0.1) is 0 Å². The number of rotatable bonds is 6. The van der Waals surface area contributed by atoms with Gasteiger partial charge in [0.2, 0.25) is 0 Å². The lowest BCUT2D eigenvalue weighted by Gasteiger charge is -2.27. The van der Waals surface area contributed by atoms with Crippen LogP contribution in [0.3, 0.4) is 0 Å². The summed E-state index contributed by atoms with van der Waals surface area (Å²) in [6, 6.07) is 21.5. The van der Waals surface area contributed by atoms with E-state index in [2.05, 4.69) is 68.7 Å². The minimum absolute atomic E-state index is 0.259. The van der Waals surface area contributed by atoms with Gasteiger partial charge in [-0.2, -0.15) is 4.98 Å². The van der Waals surface area contributed by atoms with Crippen molar-refractivity contribution in [1.82, 2.24) is 20.2 Å². The molecule has 3 saturated heterocycles. The molecule has 0 bridgehead atoms. The van der Waals surface area contributed by atoms with Crippen LogP contribution in [0.1, 0.15) is 5.56 Å². The van der Waals surface area contributed by atoms with Crippen molar-refractivity contribution in [2.75, 3.05) is 39.4 Å². The van der Waals surface area contributed by atoms with E-state index in [1.807, 2.05) is 12.1 Å². The van der Waals surface area contributed by atoms with Gasteiger partial charge in [0.15, 0.2) is 6.10 Å². The molecule has 3 N–H and O–H groups in total. The Kier molecular flexibility index (Phi) is 6.76. The number of hydrogen-bond donors (Lipinski definition) is 3. The Labute approximate surface area is 231 Å². The highest BCUT2D eigenvalue weighted by molar-refractivity contribution is 6.34. The van der Waals surface area contributed by atoms with Crippen LogP contribution in [-0.4, -0.2) is 83.8 Å². The third-order valence-corrected chi connectivity index (χ3v) is 8.21. The Morgan fingerprint density at radius 2 is 1.62 bits per heavy atom. The normalized spacial score (nSPS) is 25.3. The molecule has 3 aliphatic heterocycles. The molecule has 4 atom stereocenters. The molecule has 0 amide bonds.